The summed E-state index contributed by atoms with van der Waals surface area (Å²) < 4.78 is 16.1. The molecule has 1 fully saturated rings. The van der Waals surface area contributed by atoms with E-state index >= 15 is 0 Å². The first-order valence-electron chi connectivity index (χ1n) is 9.87. The van der Waals surface area contributed by atoms with Gasteiger partial charge in [0.2, 0.25) is 0 Å². The first-order chi connectivity index (χ1) is 15.4. The molecule has 0 spiro atoms. The van der Waals surface area contributed by atoms with Crippen molar-refractivity contribution in [3.05, 3.63) is 64.2 Å². The van der Waals surface area contributed by atoms with Gasteiger partial charge in [-0.3, -0.25) is 9.59 Å². The molecule has 1 aliphatic rings. The third-order valence-corrected chi connectivity index (χ3v) is 5.35. The van der Waals surface area contributed by atoms with E-state index in [0.29, 0.717) is 27.6 Å². The molecule has 170 valence electrons. The van der Waals surface area contributed by atoms with E-state index in [1.54, 1.807) is 42.5 Å². The maximum Gasteiger partial charge on any atom is 0.295 e. The Morgan fingerprint density at radius 2 is 1.78 bits per heavy atom. The summed E-state index contributed by atoms with van der Waals surface area (Å²) >= 11 is 5.94. The summed E-state index contributed by atoms with van der Waals surface area (Å²) in [6.07, 6.45) is 0. The van der Waals surface area contributed by atoms with Gasteiger partial charge >= 0.3 is 0 Å². The molecule has 2 N–H and O–H groups in total. The van der Waals surface area contributed by atoms with Gasteiger partial charge in [0.1, 0.15) is 17.3 Å². The molecule has 3 rings (SSSR count). The molecule has 8 nitrogen and oxygen atoms in total. The minimum atomic E-state index is -0.937. The highest BCUT2D eigenvalue weighted by atomic mass is 35.5. The second-order valence-electron chi connectivity index (χ2n) is 6.94. The number of methoxy groups -OCH3 is 2. The van der Waals surface area contributed by atoms with Crippen LogP contribution in [-0.4, -0.2) is 67.4 Å². The number of likely N-dealkylation sites (tertiary alicyclic amines) is 1. The minimum absolute atomic E-state index is 0.0625. The van der Waals surface area contributed by atoms with Crippen molar-refractivity contribution in [2.75, 3.05) is 40.6 Å². The van der Waals surface area contributed by atoms with Crippen LogP contribution in [0.3, 0.4) is 0 Å². The SMILES string of the molecule is COc1ccc(OC)c(C2/C(=C(\O)c3ccc(Cl)cc3)C(=O)C(=O)N2CCOCCO)c1. The number of carbonyl (C=O) groups excluding carboxylic acids is 2. The Labute approximate surface area is 190 Å². The molecule has 2 aromatic carbocycles. The van der Waals surface area contributed by atoms with Crippen molar-refractivity contribution in [3.63, 3.8) is 0 Å². The molecule has 0 aromatic heterocycles. The maximum absolute atomic E-state index is 13.0. The van der Waals surface area contributed by atoms with Crippen molar-refractivity contribution in [2.24, 2.45) is 0 Å². The van der Waals surface area contributed by atoms with Gasteiger partial charge in [0, 0.05) is 22.7 Å². The third-order valence-electron chi connectivity index (χ3n) is 5.10. The normalized spacial score (nSPS) is 17.6. The van der Waals surface area contributed by atoms with Crippen molar-refractivity contribution in [2.45, 2.75) is 6.04 Å². The molecule has 1 amide bonds. The number of aliphatic hydroxyl groups is 2. The summed E-state index contributed by atoms with van der Waals surface area (Å²) in [6, 6.07) is 10.4. The molecule has 32 heavy (non-hydrogen) atoms. The van der Waals surface area contributed by atoms with E-state index in [1.165, 1.54) is 19.1 Å². The van der Waals surface area contributed by atoms with Gasteiger partial charge in [0.15, 0.2) is 0 Å². The molecule has 0 saturated carbocycles. The van der Waals surface area contributed by atoms with Gasteiger partial charge in [0.25, 0.3) is 11.7 Å². The van der Waals surface area contributed by atoms with Crippen LogP contribution in [0.5, 0.6) is 11.5 Å². The number of ether oxygens (including phenoxy) is 3. The number of rotatable bonds is 9. The summed E-state index contributed by atoms with van der Waals surface area (Å²) in [5.41, 5.74) is 0.741. The number of aliphatic hydroxyl groups excluding tert-OH is 2. The quantitative estimate of drug-likeness (QED) is 0.256. The fourth-order valence-corrected chi connectivity index (χ4v) is 3.71. The van der Waals surface area contributed by atoms with Gasteiger partial charge in [-0.05, 0) is 42.5 Å². The van der Waals surface area contributed by atoms with Crippen LogP contribution in [0.4, 0.5) is 0 Å². The number of hydrogen-bond acceptors (Lipinski definition) is 7. The number of carbonyl (C=O) groups is 2. The van der Waals surface area contributed by atoms with E-state index in [1.807, 2.05) is 0 Å². The van der Waals surface area contributed by atoms with Crippen molar-refractivity contribution in [1.29, 1.82) is 0 Å². The molecular formula is C23H24ClNO7. The third kappa shape index (κ3) is 4.72. The molecule has 1 atom stereocenters. The number of nitrogens with zero attached hydrogens (tertiary/aromatic N) is 1. The van der Waals surface area contributed by atoms with E-state index in [0.717, 1.165) is 0 Å². The number of halogens is 1. The van der Waals surface area contributed by atoms with Crippen LogP contribution in [0.1, 0.15) is 17.2 Å². The monoisotopic (exact) mass is 461 g/mol. The number of amides is 1. The lowest BCUT2D eigenvalue weighted by molar-refractivity contribution is -0.140. The van der Waals surface area contributed by atoms with E-state index in [9.17, 15) is 14.7 Å². The highest BCUT2D eigenvalue weighted by molar-refractivity contribution is 6.46. The average molecular weight is 462 g/mol. The number of Topliss-reactive ketones (excluding diaryl/α,β-unsaturated/α-hetero) is 1. The molecule has 1 unspecified atom stereocenters. The smallest absolute Gasteiger partial charge is 0.295 e. The summed E-state index contributed by atoms with van der Waals surface area (Å²) in [6.45, 7) is 0.0920. The Balaban J connectivity index is 2.16. The average Bonchev–Trinajstić information content (AvgIpc) is 3.06. The molecule has 9 heteroatoms. The number of benzene rings is 2. The Morgan fingerprint density at radius 3 is 2.41 bits per heavy atom. The lowest BCUT2D eigenvalue weighted by atomic mass is 9.94. The standard InChI is InChI=1S/C23H24ClNO7/c1-30-16-7-8-18(31-2)17(13-16)20-19(21(27)14-3-5-15(24)6-4-14)22(28)23(29)25(20)9-11-32-12-10-26/h3-8,13,20,26-27H,9-12H2,1-2H3/b21-19+. The van der Waals surface area contributed by atoms with Crippen molar-refractivity contribution in [1.82, 2.24) is 4.90 Å². The molecule has 1 aliphatic heterocycles. The molecule has 0 aliphatic carbocycles. The Morgan fingerprint density at radius 1 is 1.06 bits per heavy atom. The Hall–Kier alpha value is -3.07. The van der Waals surface area contributed by atoms with Gasteiger partial charge in [-0.15, -0.1) is 0 Å². The van der Waals surface area contributed by atoms with Crippen molar-refractivity contribution < 1.29 is 34.0 Å². The molecule has 1 saturated heterocycles. The van der Waals surface area contributed by atoms with Crippen molar-refractivity contribution in [3.8, 4) is 11.5 Å². The van der Waals surface area contributed by atoms with Gasteiger partial charge < -0.3 is 29.3 Å². The van der Waals surface area contributed by atoms with Gasteiger partial charge in [0.05, 0.1) is 45.7 Å². The molecule has 1 heterocycles. The van der Waals surface area contributed by atoms with Crippen LogP contribution in [0, 0.1) is 0 Å². The summed E-state index contributed by atoms with van der Waals surface area (Å²) in [7, 11) is 2.97. The topological polar surface area (TPSA) is 106 Å². The lowest BCUT2D eigenvalue weighted by Crippen LogP contribution is -2.33. The van der Waals surface area contributed by atoms with Crippen molar-refractivity contribution >= 4 is 29.1 Å². The summed E-state index contributed by atoms with van der Waals surface area (Å²) in [4.78, 5) is 27.3. The zero-order chi connectivity index (χ0) is 23.3. The number of ketones is 1. The summed E-state index contributed by atoms with van der Waals surface area (Å²) in [5.74, 6) is -1.01. The van der Waals surface area contributed by atoms with Crippen LogP contribution < -0.4 is 9.47 Å². The minimum Gasteiger partial charge on any atom is -0.507 e. The van der Waals surface area contributed by atoms with Crippen LogP contribution in [0.25, 0.3) is 5.76 Å². The predicted octanol–water partition coefficient (Wildman–Crippen LogP) is 2.79. The number of hydrogen-bond donors (Lipinski definition) is 2. The Kier molecular flexibility index (Phi) is 7.74. The molecular weight excluding hydrogens is 438 g/mol. The van der Waals surface area contributed by atoms with E-state index < -0.39 is 17.7 Å². The zero-order valence-corrected chi connectivity index (χ0v) is 18.5. The van der Waals surface area contributed by atoms with Gasteiger partial charge in [-0.2, -0.15) is 0 Å². The first kappa shape index (κ1) is 23.6. The molecule has 0 bridgehead atoms. The van der Waals surface area contributed by atoms with E-state index in [2.05, 4.69) is 0 Å². The second-order valence-corrected chi connectivity index (χ2v) is 7.38. The Bertz CT molecular complexity index is 1020. The van der Waals surface area contributed by atoms with Crippen LogP contribution in [0.2, 0.25) is 5.02 Å². The largest absolute Gasteiger partial charge is 0.507 e. The predicted molar refractivity (Wildman–Crippen MR) is 118 cm³/mol. The summed E-state index contributed by atoms with van der Waals surface area (Å²) in [5, 5.41) is 20.4. The van der Waals surface area contributed by atoms with Crippen LogP contribution >= 0.6 is 11.6 Å². The maximum atomic E-state index is 13.0. The van der Waals surface area contributed by atoms with Crippen LogP contribution in [0.15, 0.2) is 48.0 Å². The zero-order valence-electron chi connectivity index (χ0n) is 17.7. The van der Waals surface area contributed by atoms with E-state index in [-0.39, 0.29) is 37.7 Å². The molecule has 2 aromatic rings. The molecule has 0 radical (unpaired) electrons. The fraction of sp³-hybridized carbons (Fsp3) is 0.304. The van der Waals surface area contributed by atoms with Gasteiger partial charge in [-0.25, -0.2) is 0 Å². The highest BCUT2D eigenvalue weighted by Gasteiger charge is 2.47. The second kappa shape index (κ2) is 10.5. The fourth-order valence-electron chi connectivity index (χ4n) is 3.58. The van der Waals surface area contributed by atoms with E-state index in [4.69, 9.17) is 30.9 Å². The first-order valence-corrected chi connectivity index (χ1v) is 10.3. The lowest BCUT2D eigenvalue weighted by Gasteiger charge is -2.26. The van der Waals surface area contributed by atoms with Crippen LogP contribution in [-0.2, 0) is 14.3 Å². The highest BCUT2D eigenvalue weighted by Crippen LogP contribution is 2.43. The van der Waals surface area contributed by atoms with Gasteiger partial charge in [-0.1, -0.05) is 11.6 Å².